The number of para-hydroxylation sites is 7. The smallest absolute Gasteiger partial charge is 0.0756 e. The highest BCUT2D eigenvalue weighted by Crippen LogP contribution is 2.67. The third-order valence-corrected chi connectivity index (χ3v) is 20.1. The Kier molecular flexibility index (Phi) is 11.9. The maximum absolute atomic E-state index is 2.60. The highest BCUT2D eigenvalue weighted by molar-refractivity contribution is 6.20. The lowest BCUT2D eigenvalue weighted by atomic mass is 9.64. The van der Waals surface area contributed by atoms with Crippen LogP contribution < -0.4 is 14.7 Å². The van der Waals surface area contributed by atoms with Gasteiger partial charge in [-0.05, 0) is 185 Å². The van der Waals surface area contributed by atoms with Gasteiger partial charge in [0.2, 0.25) is 0 Å². The summed E-state index contributed by atoms with van der Waals surface area (Å²) < 4.78 is 4.85. The van der Waals surface area contributed by atoms with E-state index < -0.39 is 5.41 Å². The van der Waals surface area contributed by atoms with E-state index in [2.05, 4.69) is 371 Å². The maximum atomic E-state index is 2.60. The molecule has 1 aliphatic carbocycles. The third-order valence-electron chi connectivity index (χ3n) is 20.1. The number of rotatable bonds is 9. The molecule has 0 saturated heterocycles. The van der Waals surface area contributed by atoms with E-state index in [0.29, 0.717) is 0 Å². The average molecular weight is 1200 g/mol. The van der Waals surface area contributed by atoms with Crippen molar-refractivity contribution in [2.24, 2.45) is 0 Å². The van der Waals surface area contributed by atoms with Gasteiger partial charge in [0.25, 0.3) is 0 Å². The molecule has 94 heavy (non-hydrogen) atoms. The van der Waals surface area contributed by atoms with Crippen LogP contribution in [0.3, 0.4) is 0 Å². The highest BCUT2D eigenvalue weighted by atomic mass is 15.2. The molecular weight excluding hydrogens is 1140 g/mol. The van der Waals surface area contributed by atoms with Gasteiger partial charge in [0.05, 0.1) is 50.2 Å². The summed E-state index contributed by atoms with van der Waals surface area (Å²) in [5, 5.41) is 9.54. The van der Waals surface area contributed by atoms with Gasteiger partial charge in [0.15, 0.2) is 0 Å². The molecule has 0 amide bonds. The van der Waals surface area contributed by atoms with E-state index in [9.17, 15) is 0 Å². The van der Waals surface area contributed by atoms with E-state index in [1.807, 2.05) is 0 Å². The zero-order valence-electron chi connectivity index (χ0n) is 52.0. The van der Waals surface area contributed by atoms with Crippen LogP contribution in [0.4, 0.5) is 51.2 Å². The SMILES string of the molecule is Cc1ccc(N(c2ccc3c(c2)c2ccccc2n3-c2ccccc2)c2cc3c(c4ccccc24)-c2c(cc(N(c4ccc(C)cc4)c4ccc5c6ccccc6n(-c6ccccc6)c5c4)c4ccccc24)C32c3ccccc3N(c3ccccc3)c3ccccc32)cc1. The third kappa shape index (κ3) is 7.82. The first-order valence-corrected chi connectivity index (χ1v) is 32.6. The van der Waals surface area contributed by atoms with Gasteiger partial charge < -0.3 is 23.8 Å². The molecular formula is C89H61N5. The minimum atomic E-state index is -0.880. The quantitative estimate of drug-likeness (QED) is 0.144. The fraction of sp³-hybridized carbons (Fsp3) is 0.0337. The number of hydrogen-bond acceptors (Lipinski definition) is 3. The molecule has 5 heteroatoms. The lowest BCUT2D eigenvalue weighted by molar-refractivity contribution is 0.753. The normalized spacial score (nSPS) is 12.9. The number of anilines is 9. The molecule has 17 aromatic rings. The van der Waals surface area contributed by atoms with Gasteiger partial charge in [-0.15, -0.1) is 0 Å². The summed E-state index contributed by atoms with van der Waals surface area (Å²) in [6, 6.07) is 125. The summed E-state index contributed by atoms with van der Waals surface area (Å²) in [6.45, 7) is 4.37. The summed E-state index contributed by atoms with van der Waals surface area (Å²) in [6.07, 6.45) is 0. The number of aryl methyl sites for hydroxylation is 2. The Balaban J connectivity index is 0.941. The zero-order valence-corrected chi connectivity index (χ0v) is 52.0. The van der Waals surface area contributed by atoms with Gasteiger partial charge in [-0.25, -0.2) is 0 Å². The van der Waals surface area contributed by atoms with Gasteiger partial charge >= 0.3 is 0 Å². The summed E-state index contributed by atoms with van der Waals surface area (Å²) in [4.78, 5) is 7.57. The molecule has 0 atom stereocenters. The van der Waals surface area contributed by atoms with Gasteiger partial charge in [0, 0.05) is 72.1 Å². The molecule has 0 N–H and O–H groups in total. The van der Waals surface area contributed by atoms with Crippen LogP contribution in [0.2, 0.25) is 0 Å². The minimum absolute atomic E-state index is 0.880. The van der Waals surface area contributed by atoms with Crippen LogP contribution >= 0.6 is 0 Å². The Labute approximate surface area is 545 Å². The molecule has 0 fully saturated rings. The second-order valence-electron chi connectivity index (χ2n) is 25.3. The molecule has 0 saturated carbocycles. The minimum Gasteiger partial charge on any atom is -0.310 e. The molecule has 1 aliphatic heterocycles. The van der Waals surface area contributed by atoms with E-state index in [-0.39, 0.29) is 0 Å². The number of nitrogens with zero attached hydrogens (tertiary/aromatic N) is 5. The lowest BCUT2D eigenvalue weighted by Crippen LogP contribution is -2.36. The zero-order chi connectivity index (χ0) is 62.2. The van der Waals surface area contributed by atoms with E-state index in [1.54, 1.807) is 0 Å². The van der Waals surface area contributed by atoms with Gasteiger partial charge in [0.1, 0.15) is 0 Å². The fourth-order valence-electron chi connectivity index (χ4n) is 16.2. The predicted molar refractivity (Wildman–Crippen MR) is 395 cm³/mol. The molecule has 3 heterocycles. The molecule has 0 radical (unpaired) electrons. The maximum Gasteiger partial charge on any atom is 0.0756 e. The molecule has 2 aromatic heterocycles. The Morgan fingerprint density at radius 1 is 0.245 bits per heavy atom. The largest absolute Gasteiger partial charge is 0.310 e. The van der Waals surface area contributed by atoms with Crippen molar-refractivity contribution in [1.82, 2.24) is 9.13 Å². The Morgan fingerprint density at radius 3 is 1.12 bits per heavy atom. The first kappa shape index (κ1) is 53.6. The molecule has 15 aromatic carbocycles. The van der Waals surface area contributed by atoms with Crippen molar-refractivity contribution in [3.05, 3.63) is 367 Å². The molecule has 0 bridgehead atoms. The second-order valence-corrected chi connectivity index (χ2v) is 25.3. The van der Waals surface area contributed by atoms with Gasteiger partial charge in [-0.1, -0.05) is 217 Å². The number of fused-ring (bicyclic) bond motifs is 19. The number of hydrogen-bond donors (Lipinski definition) is 0. The Bertz CT molecular complexity index is 5840. The van der Waals surface area contributed by atoms with Crippen LogP contribution in [0.25, 0.3) is 87.7 Å². The topological polar surface area (TPSA) is 19.6 Å². The Morgan fingerprint density at radius 2 is 0.606 bits per heavy atom. The number of aromatic nitrogens is 2. The van der Waals surface area contributed by atoms with Crippen LogP contribution in [0.15, 0.2) is 334 Å². The van der Waals surface area contributed by atoms with E-state index >= 15 is 0 Å². The monoisotopic (exact) mass is 1200 g/mol. The van der Waals surface area contributed by atoms with Gasteiger partial charge in [-0.2, -0.15) is 0 Å². The predicted octanol–water partition coefficient (Wildman–Crippen LogP) is 23.9. The molecule has 1 spiro atoms. The van der Waals surface area contributed by atoms with Crippen molar-refractivity contribution >= 4 is 116 Å². The van der Waals surface area contributed by atoms with Crippen molar-refractivity contribution in [3.8, 4) is 22.5 Å². The lowest BCUT2D eigenvalue weighted by Gasteiger charge is -2.45. The first-order valence-electron chi connectivity index (χ1n) is 32.6. The summed E-state index contributed by atoms with van der Waals surface area (Å²) in [5.41, 5.74) is 25.7. The van der Waals surface area contributed by atoms with Crippen LogP contribution in [0, 0.1) is 13.8 Å². The van der Waals surface area contributed by atoms with Crippen molar-refractivity contribution in [1.29, 1.82) is 0 Å². The standard InChI is InChI=1S/C89H61N5/c1-58-42-46-63(47-43-58)90(65-51-53-81-74(54-65)70-33-17-21-39-80(70)92(81)60-24-6-3-7-25-60)85-56-77-87(72-34-14-12-31-68(72)85)88-73-35-15-13-32-69(73)86(57-78(88)89(77)75-36-18-22-40-82(75)94(62-28-10-5-11-29-62)83-41-23-19-37-76(83)89)91(64-48-44-59(2)45-49-64)66-50-52-71-67-30-16-20-38-79(67)93(84(71)55-66)61-26-8-4-9-27-61/h3-57H,1-2H3. The molecule has 5 nitrogen and oxygen atoms in total. The average Bonchev–Trinajstić information content (AvgIpc) is 1.44. The van der Waals surface area contributed by atoms with Crippen molar-refractivity contribution in [2.45, 2.75) is 19.3 Å². The van der Waals surface area contributed by atoms with Crippen LogP contribution in [-0.2, 0) is 5.41 Å². The van der Waals surface area contributed by atoms with E-state index in [0.717, 1.165) is 84.4 Å². The molecule has 0 unspecified atom stereocenters. The van der Waals surface area contributed by atoms with Crippen molar-refractivity contribution < 1.29 is 0 Å². The van der Waals surface area contributed by atoms with Crippen LogP contribution in [0.5, 0.6) is 0 Å². The van der Waals surface area contributed by atoms with Gasteiger partial charge in [-0.3, -0.25) is 0 Å². The van der Waals surface area contributed by atoms with E-state index in [4.69, 9.17) is 0 Å². The Hall–Kier alpha value is -12.2. The fourth-order valence-corrected chi connectivity index (χ4v) is 16.2. The summed E-state index contributed by atoms with van der Waals surface area (Å²) >= 11 is 0. The van der Waals surface area contributed by atoms with Crippen LogP contribution in [-0.4, -0.2) is 9.13 Å². The highest BCUT2D eigenvalue weighted by Gasteiger charge is 2.53. The van der Waals surface area contributed by atoms with Crippen LogP contribution in [0.1, 0.15) is 33.4 Å². The summed E-state index contributed by atoms with van der Waals surface area (Å²) in [5.74, 6) is 0. The molecule has 19 rings (SSSR count). The van der Waals surface area contributed by atoms with Crippen molar-refractivity contribution in [3.63, 3.8) is 0 Å². The molecule has 2 aliphatic rings. The molecule has 442 valence electrons. The van der Waals surface area contributed by atoms with Crippen molar-refractivity contribution in [2.75, 3.05) is 14.7 Å². The second kappa shape index (κ2) is 20.9. The summed E-state index contributed by atoms with van der Waals surface area (Å²) in [7, 11) is 0. The van der Waals surface area contributed by atoms with E-state index in [1.165, 1.54) is 87.9 Å². The number of benzene rings is 15. The first-order chi connectivity index (χ1) is 46.5.